The van der Waals surface area contributed by atoms with E-state index in [0.29, 0.717) is 6.42 Å². The van der Waals surface area contributed by atoms with Crippen LogP contribution in [0.3, 0.4) is 0 Å². The number of carbonyl (C=O) groups excluding carboxylic acids is 2. The molecule has 0 unspecified atom stereocenters. The van der Waals surface area contributed by atoms with E-state index >= 15 is 0 Å². The lowest BCUT2D eigenvalue weighted by molar-refractivity contribution is -0.162. The lowest BCUT2D eigenvalue weighted by atomic mass is 9.96. The van der Waals surface area contributed by atoms with Crippen molar-refractivity contribution in [3.05, 3.63) is 35.9 Å². The van der Waals surface area contributed by atoms with Crippen LogP contribution in [0, 0.1) is 5.92 Å². The summed E-state index contributed by atoms with van der Waals surface area (Å²) in [4.78, 5) is 26.9. The van der Waals surface area contributed by atoms with Gasteiger partial charge in [-0.25, -0.2) is 9.18 Å². The third-order valence-corrected chi connectivity index (χ3v) is 4.24. The first kappa shape index (κ1) is 22.1. The minimum Gasteiger partial charge on any atom is -0.459 e. The molecular formula is C20H30FNO4. The van der Waals surface area contributed by atoms with Crippen molar-refractivity contribution >= 4 is 11.9 Å². The molecule has 5 nitrogen and oxygen atoms in total. The molecular weight excluding hydrogens is 337 g/mol. The molecule has 0 N–H and O–H groups in total. The molecule has 1 aromatic carbocycles. The van der Waals surface area contributed by atoms with Crippen molar-refractivity contribution in [1.29, 1.82) is 0 Å². The minimum absolute atomic E-state index is 0.0780. The maximum Gasteiger partial charge on any atom is 0.329 e. The molecule has 1 rings (SSSR count). The topological polar surface area (TPSA) is 55.8 Å². The van der Waals surface area contributed by atoms with Gasteiger partial charge in [0.25, 0.3) is 0 Å². The molecule has 0 saturated heterocycles. The summed E-state index contributed by atoms with van der Waals surface area (Å²) in [6.07, 6.45) is 0.715. The second-order valence-corrected chi connectivity index (χ2v) is 6.56. The lowest BCUT2D eigenvalue weighted by Gasteiger charge is -2.36. The van der Waals surface area contributed by atoms with Crippen molar-refractivity contribution in [1.82, 2.24) is 4.90 Å². The molecule has 6 heteroatoms. The number of benzene rings is 1. The SMILES string of the molecule is CC[C@H](C)[C@@H](C(=O)OCc1ccccc1)N(C(=O)COCCF)C(C)C. The molecule has 0 radical (unpaired) electrons. The molecule has 0 spiro atoms. The zero-order valence-electron chi connectivity index (χ0n) is 16.1. The first-order valence-corrected chi connectivity index (χ1v) is 9.07. The quantitative estimate of drug-likeness (QED) is 0.444. The number of hydrogen-bond acceptors (Lipinski definition) is 4. The van der Waals surface area contributed by atoms with Gasteiger partial charge < -0.3 is 14.4 Å². The Morgan fingerprint density at radius 2 is 1.81 bits per heavy atom. The van der Waals surface area contributed by atoms with Crippen LogP contribution in [0.1, 0.15) is 39.7 Å². The summed E-state index contributed by atoms with van der Waals surface area (Å²) in [6, 6.07) is 8.49. The highest BCUT2D eigenvalue weighted by Crippen LogP contribution is 2.20. The fourth-order valence-electron chi connectivity index (χ4n) is 2.71. The average Bonchev–Trinajstić information content (AvgIpc) is 2.64. The standard InChI is InChI=1S/C20H30FNO4/c1-5-16(4)19(20(24)26-13-17-9-7-6-8-10-17)22(15(2)3)18(23)14-25-12-11-21/h6-10,15-16,19H,5,11-14H2,1-4H3/t16-,19-/m0/s1. The Morgan fingerprint density at radius 3 is 2.35 bits per heavy atom. The van der Waals surface area contributed by atoms with E-state index in [1.54, 1.807) is 0 Å². The Morgan fingerprint density at radius 1 is 1.15 bits per heavy atom. The highest BCUT2D eigenvalue weighted by atomic mass is 19.1. The van der Waals surface area contributed by atoms with Crippen LogP contribution < -0.4 is 0 Å². The van der Waals surface area contributed by atoms with Gasteiger partial charge in [0.1, 0.15) is 25.9 Å². The van der Waals surface area contributed by atoms with Gasteiger partial charge in [-0.05, 0) is 25.3 Å². The van der Waals surface area contributed by atoms with E-state index in [-0.39, 0.29) is 37.7 Å². The normalized spacial score (nSPS) is 13.3. The van der Waals surface area contributed by atoms with E-state index in [0.717, 1.165) is 5.56 Å². The molecule has 0 aliphatic rings. The Balaban J connectivity index is 2.89. The molecule has 2 atom stereocenters. The summed E-state index contributed by atoms with van der Waals surface area (Å²) in [5.74, 6) is -0.850. The number of hydrogen-bond donors (Lipinski definition) is 0. The number of amides is 1. The van der Waals surface area contributed by atoms with Gasteiger partial charge in [0.15, 0.2) is 0 Å². The number of halogens is 1. The zero-order valence-corrected chi connectivity index (χ0v) is 16.1. The number of esters is 1. The molecule has 0 aliphatic heterocycles. The van der Waals surface area contributed by atoms with E-state index in [4.69, 9.17) is 9.47 Å². The van der Waals surface area contributed by atoms with E-state index in [2.05, 4.69) is 0 Å². The van der Waals surface area contributed by atoms with Gasteiger partial charge in [-0.15, -0.1) is 0 Å². The molecule has 0 heterocycles. The molecule has 26 heavy (non-hydrogen) atoms. The molecule has 146 valence electrons. The number of carbonyl (C=O) groups is 2. The van der Waals surface area contributed by atoms with Crippen molar-refractivity contribution in [2.24, 2.45) is 5.92 Å². The van der Waals surface area contributed by atoms with Crippen molar-refractivity contribution in [2.75, 3.05) is 19.9 Å². The van der Waals surface area contributed by atoms with Crippen molar-refractivity contribution in [3.63, 3.8) is 0 Å². The van der Waals surface area contributed by atoms with E-state index in [1.807, 2.05) is 58.0 Å². The second kappa shape index (κ2) is 11.6. The molecule has 0 aromatic heterocycles. The van der Waals surface area contributed by atoms with E-state index < -0.39 is 18.7 Å². The van der Waals surface area contributed by atoms with Crippen LogP contribution in [0.4, 0.5) is 4.39 Å². The predicted octanol–water partition coefficient (Wildman–Crippen LogP) is 3.37. The van der Waals surface area contributed by atoms with E-state index in [9.17, 15) is 14.0 Å². The molecule has 0 aliphatic carbocycles. The molecule has 1 amide bonds. The van der Waals surface area contributed by atoms with Crippen LogP contribution in [0.15, 0.2) is 30.3 Å². The maximum atomic E-state index is 12.8. The van der Waals surface area contributed by atoms with Gasteiger partial charge in [0, 0.05) is 6.04 Å². The highest BCUT2D eigenvalue weighted by Gasteiger charge is 2.36. The monoisotopic (exact) mass is 367 g/mol. The van der Waals surface area contributed by atoms with Gasteiger partial charge in [0.2, 0.25) is 5.91 Å². The summed E-state index contributed by atoms with van der Waals surface area (Å²) < 4.78 is 22.7. The summed E-state index contributed by atoms with van der Waals surface area (Å²) >= 11 is 0. The first-order valence-electron chi connectivity index (χ1n) is 9.07. The van der Waals surface area contributed by atoms with Gasteiger partial charge in [0.05, 0.1) is 6.61 Å². The van der Waals surface area contributed by atoms with Gasteiger partial charge in [-0.3, -0.25) is 4.79 Å². The number of alkyl halides is 1. The fourth-order valence-corrected chi connectivity index (χ4v) is 2.71. The summed E-state index contributed by atoms with van der Waals surface area (Å²) in [6.45, 7) is 6.68. The summed E-state index contributed by atoms with van der Waals surface area (Å²) in [7, 11) is 0. The van der Waals surface area contributed by atoms with Crippen LogP contribution >= 0.6 is 0 Å². The lowest BCUT2D eigenvalue weighted by Crippen LogP contribution is -2.53. The molecule has 0 fully saturated rings. The van der Waals surface area contributed by atoms with Crippen molar-refractivity contribution < 1.29 is 23.5 Å². The largest absolute Gasteiger partial charge is 0.459 e. The highest BCUT2D eigenvalue weighted by molar-refractivity contribution is 5.85. The van der Waals surface area contributed by atoms with Gasteiger partial charge >= 0.3 is 5.97 Å². The number of ether oxygens (including phenoxy) is 2. The third kappa shape index (κ3) is 6.75. The smallest absolute Gasteiger partial charge is 0.329 e. The Kier molecular flexibility index (Phi) is 9.88. The molecule has 0 bridgehead atoms. The van der Waals surface area contributed by atoms with E-state index in [1.165, 1.54) is 4.90 Å². The minimum atomic E-state index is -0.704. The summed E-state index contributed by atoms with van der Waals surface area (Å²) in [5, 5.41) is 0. The van der Waals surface area contributed by atoms with Crippen LogP contribution in [-0.2, 0) is 25.7 Å². The van der Waals surface area contributed by atoms with Crippen LogP contribution in [0.5, 0.6) is 0 Å². The Bertz CT molecular complexity index is 550. The Hall–Kier alpha value is -1.95. The number of nitrogens with zero attached hydrogens (tertiary/aromatic N) is 1. The number of rotatable bonds is 11. The maximum absolute atomic E-state index is 12.8. The molecule has 0 saturated carbocycles. The van der Waals surface area contributed by atoms with Crippen molar-refractivity contribution in [3.8, 4) is 0 Å². The summed E-state index contributed by atoms with van der Waals surface area (Å²) in [5.41, 5.74) is 0.887. The fraction of sp³-hybridized carbons (Fsp3) is 0.600. The van der Waals surface area contributed by atoms with Gasteiger partial charge in [-0.1, -0.05) is 50.6 Å². The van der Waals surface area contributed by atoms with Crippen LogP contribution in [0.2, 0.25) is 0 Å². The van der Waals surface area contributed by atoms with Gasteiger partial charge in [-0.2, -0.15) is 0 Å². The van der Waals surface area contributed by atoms with Crippen LogP contribution in [-0.4, -0.2) is 48.7 Å². The zero-order chi connectivity index (χ0) is 19.5. The van der Waals surface area contributed by atoms with Crippen LogP contribution in [0.25, 0.3) is 0 Å². The van der Waals surface area contributed by atoms with Crippen molar-refractivity contribution in [2.45, 2.75) is 52.8 Å². The average molecular weight is 367 g/mol. The predicted molar refractivity (Wildman–Crippen MR) is 98.3 cm³/mol. The second-order valence-electron chi connectivity index (χ2n) is 6.56. The third-order valence-electron chi connectivity index (χ3n) is 4.24. The molecule has 1 aromatic rings. The first-order chi connectivity index (χ1) is 12.4. The Labute approximate surface area is 155 Å².